The quantitative estimate of drug-likeness (QED) is 0.698. The molecule has 0 unspecified atom stereocenters. The van der Waals surface area contributed by atoms with E-state index in [9.17, 15) is 4.79 Å². The summed E-state index contributed by atoms with van der Waals surface area (Å²) in [5, 5.41) is 11.8. The van der Waals surface area contributed by atoms with Crippen LogP contribution < -0.4 is 0 Å². The first-order valence-electron chi connectivity index (χ1n) is 5.77. The van der Waals surface area contributed by atoms with Gasteiger partial charge in [-0.2, -0.15) is 0 Å². The second-order valence-electron chi connectivity index (χ2n) is 4.07. The summed E-state index contributed by atoms with van der Waals surface area (Å²) in [5.74, 6) is 0.489. The van der Waals surface area contributed by atoms with Gasteiger partial charge in [-0.3, -0.25) is 9.36 Å². The molecule has 0 radical (unpaired) electrons. The Bertz CT molecular complexity index is 700. The van der Waals surface area contributed by atoms with E-state index in [2.05, 4.69) is 15.3 Å². The third kappa shape index (κ3) is 2.03. The van der Waals surface area contributed by atoms with Crippen molar-refractivity contribution in [3.63, 3.8) is 0 Å². The van der Waals surface area contributed by atoms with Gasteiger partial charge < -0.3 is 0 Å². The molecule has 0 aliphatic carbocycles. The van der Waals surface area contributed by atoms with E-state index >= 15 is 0 Å². The molecule has 1 aromatic carbocycles. The number of hydrogen-bond donors (Lipinski definition) is 0. The van der Waals surface area contributed by atoms with Gasteiger partial charge in [-0.15, -0.1) is 15.3 Å². The Morgan fingerprint density at radius 1 is 1.11 bits per heavy atom. The van der Waals surface area contributed by atoms with Gasteiger partial charge in [-0.1, -0.05) is 30.3 Å². The summed E-state index contributed by atoms with van der Waals surface area (Å²) in [6.07, 6.45) is 4.82. The molecule has 2 aromatic heterocycles. The second-order valence-corrected chi connectivity index (χ2v) is 4.07. The Balaban J connectivity index is 2.20. The van der Waals surface area contributed by atoms with Crippen LogP contribution in [0, 0.1) is 0 Å². The smallest absolute Gasteiger partial charge is 0.243 e. The molecule has 0 spiro atoms. The molecule has 0 saturated heterocycles. The van der Waals surface area contributed by atoms with Crippen LogP contribution in [-0.2, 0) is 0 Å². The number of hydrogen-bond acceptors (Lipinski definition) is 4. The molecule has 19 heavy (non-hydrogen) atoms. The van der Waals surface area contributed by atoms with Crippen LogP contribution in [0.5, 0.6) is 0 Å². The summed E-state index contributed by atoms with van der Waals surface area (Å²) >= 11 is 0. The Morgan fingerprint density at radius 2 is 1.79 bits per heavy atom. The molecule has 0 fully saturated rings. The molecule has 0 atom stereocenters. The van der Waals surface area contributed by atoms with Crippen molar-refractivity contribution < 1.29 is 4.79 Å². The first kappa shape index (κ1) is 11.3. The van der Waals surface area contributed by atoms with E-state index in [4.69, 9.17) is 0 Å². The van der Waals surface area contributed by atoms with E-state index in [0.717, 1.165) is 11.1 Å². The number of benzene rings is 1. The van der Waals surface area contributed by atoms with Gasteiger partial charge in [0.05, 0.1) is 0 Å². The van der Waals surface area contributed by atoms with Crippen molar-refractivity contribution in [3.05, 3.63) is 49.2 Å². The van der Waals surface area contributed by atoms with Crippen LogP contribution >= 0.6 is 0 Å². The molecular weight excluding hydrogens is 242 g/mol. The molecule has 0 amide bonds. The van der Waals surface area contributed by atoms with Gasteiger partial charge in [-0.05, 0) is 5.56 Å². The van der Waals surface area contributed by atoms with Gasteiger partial charge in [0.2, 0.25) is 5.91 Å². The lowest BCUT2D eigenvalue weighted by atomic mass is 10.1. The minimum Gasteiger partial charge on any atom is -0.273 e. The van der Waals surface area contributed by atoms with Crippen LogP contribution in [0.15, 0.2) is 49.2 Å². The van der Waals surface area contributed by atoms with Crippen LogP contribution in [0.2, 0.25) is 0 Å². The van der Waals surface area contributed by atoms with E-state index in [1.165, 1.54) is 11.6 Å². The van der Waals surface area contributed by atoms with Gasteiger partial charge in [0, 0.05) is 18.7 Å². The fourth-order valence-electron chi connectivity index (χ4n) is 1.85. The Hall–Kier alpha value is -2.76. The fourth-order valence-corrected chi connectivity index (χ4v) is 1.85. The third-order valence-electron chi connectivity index (χ3n) is 2.77. The van der Waals surface area contributed by atoms with Crippen molar-refractivity contribution in [2.24, 2.45) is 0 Å². The molecule has 0 saturated carbocycles. The maximum atomic E-state index is 11.5. The number of carbonyl (C=O) groups excluding carboxylic acids is 1. The lowest BCUT2D eigenvalue weighted by molar-refractivity contribution is 0.0921. The minimum absolute atomic E-state index is 0.142. The zero-order valence-corrected chi connectivity index (χ0v) is 10.3. The van der Waals surface area contributed by atoms with Crippen LogP contribution in [0.1, 0.15) is 11.7 Å². The Kier molecular flexibility index (Phi) is 2.68. The highest BCUT2D eigenvalue weighted by Crippen LogP contribution is 2.25. The lowest BCUT2D eigenvalue weighted by Crippen LogP contribution is -2.06. The molecule has 3 aromatic rings. The van der Waals surface area contributed by atoms with E-state index in [0.29, 0.717) is 5.82 Å². The number of nitrogens with zero attached hydrogens (tertiary/aromatic N) is 5. The molecule has 0 N–H and O–H groups in total. The van der Waals surface area contributed by atoms with Crippen LogP contribution in [0.4, 0.5) is 0 Å². The Morgan fingerprint density at radius 3 is 2.42 bits per heavy atom. The first-order valence-corrected chi connectivity index (χ1v) is 5.77. The van der Waals surface area contributed by atoms with Crippen molar-refractivity contribution in [1.29, 1.82) is 0 Å². The summed E-state index contributed by atoms with van der Waals surface area (Å²) in [5.41, 5.74) is 1.84. The van der Waals surface area contributed by atoms with E-state index in [1.54, 1.807) is 23.4 Å². The zero-order valence-electron chi connectivity index (χ0n) is 10.3. The molecular formula is C13H11N5O. The molecule has 3 rings (SSSR count). The number of aromatic nitrogens is 5. The highest BCUT2D eigenvalue weighted by atomic mass is 16.2. The average Bonchev–Trinajstić information content (AvgIpc) is 3.08. The van der Waals surface area contributed by atoms with Crippen molar-refractivity contribution in [1.82, 2.24) is 24.5 Å². The highest BCUT2D eigenvalue weighted by Gasteiger charge is 2.14. The molecule has 0 bridgehead atoms. The van der Waals surface area contributed by atoms with E-state index < -0.39 is 0 Å². The summed E-state index contributed by atoms with van der Waals surface area (Å²) in [6, 6.07) is 9.76. The highest BCUT2D eigenvalue weighted by molar-refractivity contribution is 5.79. The zero-order chi connectivity index (χ0) is 13.2. The predicted octanol–water partition coefficient (Wildman–Crippen LogP) is 1.79. The maximum absolute atomic E-state index is 11.5. The Labute approximate surface area is 109 Å². The van der Waals surface area contributed by atoms with Crippen molar-refractivity contribution in [2.45, 2.75) is 6.92 Å². The summed E-state index contributed by atoms with van der Waals surface area (Å²) in [6.45, 7) is 1.47. The van der Waals surface area contributed by atoms with Gasteiger partial charge in [0.15, 0.2) is 5.82 Å². The molecule has 0 aliphatic rings. The van der Waals surface area contributed by atoms with Crippen molar-refractivity contribution in [2.75, 3.05) is 0 Å². The van der Waals surface area contributed by atoms with E-state index in [1.807, 2.05) is 30.3 Å². The summed E-state index contributed by atoms with van der Waals surface area (Å²) < 4.78 is 3.00. The van der Waals surface area contributed by atoms with Gasteiger partial charge in [0.25, 0.3) is 0 Å². The SMILES string of the molecule is CC(=O)n1cc(-c2ccccc2)c(-n2cnnc2)n1. The number of carbonyl (C=O) groups is 1. The van der Waals surface area contributed by atoms with E-state index in [-0.39, 0.29) is 5.91 Å². The third-order valence-corrected chi connectivity index (χ3v) is 2.77. The van der Waals surface area contributed by atoms with Gasteiger partial charge in [0.1, 0.15) is 12.7 Å². The molecule has 0 aliphatic heterocycles. The number of rotatable bonds is 2. The summed E-state index contributed by atoms with van der Waals surface area (Å²) in [4.78, 5) is 11.5. The van der Waals surface area contributed by atoms with Gasteiger partial charge >= 0.3 is 0 Å². The molecule has 6 heteroatoms. The molecule has 2 heterocycles. The normalized spacial score (nSPS) is 10.6. The topological polar surface area (TPSA) is 65.6 Å². The monoisotopic (exact) mass is 253 g/mol. The molecule has 6 nitrogen and oxygen atoms in total. The second kappa shape index (κ2) is 4.49. The first-order chi connectivity index (χ1) is 9.25. The van der Waals surface area contributed by atoms with Crippen molar-refractivity contribution in [3.8, 4) is 16.9 Å². The minimum atomic E-state index is -0.142. The largest absolute Gasteiger partial charge is 0.273 e. The van der Waals surface area contributed by atoms with Crippen molar-refractivity contribution >= 4 is 5.91 Å². The fraction of sp³-hybridized carbons (Fsp3) is 0.0769. The van der Waals surface area contributed by atoms with Crippen LogP contribution in [-0.4, -0.2) is 30.5 Å². The standard InChI is InChI=1S/C13H11N5O/c1-10(19)18-7-12(11-5-3-2-4-6-11)13(16-18)17-8-14-15-9-17/h2-9H,1H3. The van der Waals surface area contributed by atoms with Crippen LogP contribution in [0.3, 0.4) is 0 Å². The average molecular weight is 253 g/mol. The summed E-state index contributed by atoms with van der Waals surface area (Å²) in [7, 11) is 0. The van der Waals surface area contributed by atoms with Gasteiger partial charge in [-0.25, -0.2) is 4.68 Å². The molecule has 94 valence electrons. The lowest BCUT2D eigenvalue weighted by Gasteiger charge is -2.01. The predicted molar refractivity (Wildman–Crippen MR) is 68.9 cm³/mol. The maximum Gasteiger partial charge on any atom is 0.243 e. The van der Waals surface area contributed by atoms with Crippen LogP contribution in [0.25, 0.3) is 16.9 Å².